The number of anilines is 4. The maximum absolute atomic E-state index is 11.8. The van der Waals surface area contributed by atoms with E-state index in [1.54, 1.807) is 18.2 Å². The van der Waals surface area contributed by atoms with Gasteiger partial charge in [-0.3, -0.25) is 10.1 Å². The molecular formula is C18H12Cl2N6O2S. The highest BCUT2D eigenvalue weighted by atomic mass is 35.5. The molecule has 0 saturated carbocycles. The van der Waals surface area contributed by atoms with E-state index in [-0.39, 0.29) is 17.3 Å². The van der Waals surface area contributed by atoms with Gasteiger partial charge in [-0.15, -0.1) is 0 Å². The van der Waals surface area contributed by atoms with Crippen molar-refractivity contribution in [3.8, 4) is 0 Å². The van der Waals surface area contributed by atoms with E-state index >= 15 is 0 Å². The Kier molecular flexibility index (Phi) is 5.18. The molecule has 0 saturated heterocycles. The lowest BCUT2D eigenvalue weighted by atomic mass is 10.2. The van der Waals surface area contributed by atoms with Gasteiger partial charge >= 0.3 is 5.69 Å². The highest BCUT2D eigenvalue weighted by molar-refractivity contribution is 7.22. The number of rotatable bonds is 5. The van der Waals surface area contributed by atoms with E-state index in [0.29, 0.717) is 20.9 Å². The summed E-state index contributed by atoms with van der Waals surface area (Å²) in [7, 11) is 0. The number of nitrogens with zero attached hydrogens (tertiary/aromatic N) is 4. The van der Waals surface area contributed by atoms with Crippen molar-refractivity contribution in [2.75, 3.05) is 10.6 Å². The molecule has 0 aliphatic carbocycles. The standard InChI is InChI=1S/C18H12Cl2N6O2S/c1-9-2-3-13-14(4-9)29-18(24-13)25-17-15(26(27)28)16(21-8-22-17)23-12-6-10(19)5-11(20)7-12/h2-8H,1H3,(H2,21,22,23,24,25). The molecule has 2 aromatic carbocycles. The Morgan fingerprint density at radius 3 is 2.41 bits per heavy atom. The number of hydrogen-bond acceptors (Lipinski definition) is 8. The second-order valence-electron chi connectivity index (χ2n) is 6.07. The van der Waals surface area contributed by atoms with Gasteiger partial charge in [-0.2, -0.15) is 0 Å². The van der Waals surface area contributed by atoms with E-state index in [4.69, 9.17) is 23.2 Å². The highest BCUT2D eigenvalue weighted by Crippen LogP contribution is 2.36. The van der Waals surface area contributed by atoms with Gasteiger partial charge in [0.2, 0.25) is 11.6 Å². The lowest BCUT2D eigenvalue weighted by Crippen LogP contribution is -2.05. The molecule has 0 aliphatic rings. The van der Waals surface area contributed by atoms with Crippen LogP contribution in [-0.4, -0.2) is 19.9 Å². The summed E-state index contributed by atoms with van der Waals surface area (Å²) in [5.74, 6) is 0.0270. The molecule has 0 fully saturated rings. The van der Waals surface area contributed by atoms with Crippen molar-refractivity contribution in [2.24, 2.45) is 0 Å². The zero-order valence-corrected chi connectivity index (χ0v) is 17.1. The highest BCUT2D eigenvalue weighted by Gasteiger charge is 2.24. The summed E-state index contributed by atoms with van der Waals surface area (Å²) >= 11 is 13.4. The molecule has 0 amide bonds. The van der Waals surface area contributed by atoms with Gasteiger partial charge in [0, 0.05) is 15.7 Å². The quantitative estimate of drug-likeness (QED) is 0.281. The van der Waals surface area contributed by atoms with Crippen LogP contribution in [0.3, 0.4) is 0 Å². The number of benzene rings is 2. The number of nitro groups is 1. The first-order valence-corrected chi connectivity index (χ1v) is 9.83. The topological polar surface area (TPSA) is 106 Å². The van der Waals surface area contributed by atoms with Gasteiger partial charge in [0.15, 0.2) is 5.13 Å². The normalized spacial score (nSPS) is 10.9. The van der Waals surface area contributed by atoms with Crippen LogP contribution in [0, 0.1) is 17.0 Å². The van der Waals surface area contributed by atoms with Crippen LogP contribution in [0.2, 0.25) is 10.0 Å². The Bertz CT molecular complexity index is 1230. The summed E-state index contributed by atoms with van der Waals surface area (Å²) in [6.45, 7) is 1.99. The van der Waals surface area contributed by atoms with Gasteiger partial charge in [-0.25, -0.2) is 15.0 Å². The summed E-state index contributed by atoms with van der Waals surface area (Å²) < 4.78 is 0.969. The molecule has 0 aliphatic heterocycles. The summed E-state index contributed by atoms with van der Waals surface area (Å²) in [6, 6.07) is 10.6. The Morgan fingerprint density at radius 2 is 1.72 bits per heavy atom. The zero-order valence-electron chi connectivity index (χ0n) is 14.8. The molecule has 2 N–H and O–H groups in total. The van der Waals surface area contributed by atoms with E-state index in [1.165, 1.54) is 17.7 Å². The molecule has 0 atom stereocenters. The van der Waals surface area contributed by atoms with Crippen LogP contribution in [0.4, 0.5) is 28.1 Å². The molecule has 0 unspecified atom stereocenters. The minimum atomic E-state index is -0.561. The molecule has 146 valence electrons. The fourth-order valence-corrected chi connectivity index (χ4v) is 4.17. The lowest BCUT2D eigenvalue weighted by molar-refractivity contribution is -0.383. The molecule has 29 heavy (non-hydrogen) atoms. The molecule has 0 radical (unpaired) electrons. The Morgan fingerprint density at radius 1 is 1.03 bits per heavy atom. The molecule has 2 aromatic heterocycles. The molecule has 4 rings (SSSR count). The first-order valence-electron chi connectivity index (χ1n) is 8.26. The lowest BCUT2D eigenvalue weighted by Gasteiger charge is -2.09. The molecule has 11 heteroatoms. The van der Waals surface area contributed by atoms with Gasteiger partial charge in [-0.1, -0.05) is 40.6 Å². The monoisotopic (exact) mass is 446 g/mol. The average Bonchev–Trinajstić information content (AvgIpc) is 3.02. The summed E-state index contributed by atoms with van der Waals surface area (Å²) in [4.78, 5) is 23.7. The van der Waals surface area contributed by atoms with Crippen molar-refractivity contribution in [1.82, 2.24) is 15.0 Å². The van der Waals surface area contributed by atoms with Crippen LogP contribution >= 0.6 is 34.5 Å². The molecule has 4 aromatic rings. The third kappa shape index (κ3) is 4.21. The summed E-state index contributed by atoms with van der Waals surface area (Å²) in [6.07, 6.45) is 1.22. The molecule has 2 heterocycles. The van der Waals surface area contributed by atoms with Crippen LogP contribution in [0.5, 0.6) is 0 Å². The largest absolute Gasteiger partial charge is 0.353 e. The third-order valence-electron chi connectivity index (χ3n) is 3.90. The molecule has 0 spiro atoms. The minimum Gasteiger partial charge on any atom is -0.334 e. The second-order valence-corrected chi connectivity index (χ2v) is 7.98. The summed E-state index contributed by atoms with van der Waals surface area (Å²) in [5, 5.41) is 18.8. The number of halogens is 2. The zero-order chi connectivity index (χ0) is 20.5. The Balaban J connectivity index is 1.71. The van der Waals surface area contributed by atoms with Crippen LogP contribution in [0.25, 0.3) is 10.2 Å². The number of hydrogen-bond donors (Lipinski definition) is 2. The summed E-state index contributed by atoms with van der Waals surface area (Å²) in [5.41, 5.74) is 2.05. The van der Waals surface area contributed by atoms with E-state index < -0.39 is 4.92 Å². The number of aryl methyl sites for hydroxylation is 1. The number of aromatic nitrogens is 3. The predicted octanol–water partition coefficient (Wildman–Crippen LogP) is 6.10. The smallest absolute Gasteiger partial charge is 0.334 e. The average molecular weight is 447 g/mol. The van der Waals surface area contributed by atoms with E-state index in [1.807, 2.05) is 25.1 Å². The van der Waals surface area contributed by atoms with Gasteiger partial charge in [0.25, 0.3) is 0 Å². The maximum Gasteiger partial charge on any atom is 0.353 e. The second kappa shape index (κ2) is 7.78. The molecule has 8 nitrogen and oxygen atoms in total. The van der Waals surface area contributed by atoms with Crippen LogP contribution < -0.4 is 10.6 Å². The first-order chi connectivity index (χ1) is 13.9. The fraction of sp³-hybridized carbons (Fsp3) is 0.0556. The van der Waals surface area contributed by atoms with E-state index in [9.17, 15) is 10.1 Å². The minimum absolute atomic E-state index is 0.00258. The predicted molar refractivity (Wildman–Crippen MR) is 116 cm³/mol. The van der Waals surface area contributed by atoms with E-state index in [0.717, 1.165) is 15.8 Å². The van der Waals surface area contributed by atoms with Crippen LogP contribution in [0.15, 0.2) is 42.7 Å². The van der Waals surface area contributed by atoms with Crippen molar-refractivity contribution in [3.05, 3.63) is 68.4 Å². The van der Waals surface area contributed by atoms with E-state index in [2.05, 4.69) is 25.6 Å². The van der Waals surface area contributed by atoms with Gasteiger partial charge in [0.1, 0.15) is 6.33 Å². The van der Waals surface area contributed by atoms with Crippen LogP contribution in [0.1, 0.15) is 5.56 Å². The van der Waals surface area contributed by atoms with Crippen molar-refractivity contribution in [3.63, 3.8) is 0 Å². The number of fused-ring (bicyclic) bond motifs is 1. The maximum atomic E-state index is 11.8. The van der Waals surface area contributed by atoms with Gasteiger partial charge < -0.3 is 10.6 Å². The number of thiazole rings is 1. The molecule has 0 bridgehead atoms. The SMILES string of the molecule is Cc1ccc2nc(Nc3ncnc(Nc4cc(Cl)cc(Cl)c4)c3[N+](=O)[O-])sc2c1. The Labute approximate surface area is 178 Å². The fourth-order valence-electron chi connectivity index (χ4n) is 2.68. The van der Waals surface area contributed by atoms with Crippen molar-refractivity contribution in [1.29, 1.82) is 0 Å². The Hall–Kier alpha value is -3.01. The van der Waals surface area contributed by atoms with Crippen molar-refractivity contribution < 1.29 is 4.92 Å². The van der Waals surface area contributed by atoms with Gasteiger partial charge in [0.05, 0.1) is 15.1 Å². The molecular weight excluding hydrogens is 435 g/mol. The first kappa shape index (κ1) is 19.3. The number of nitrogens with one attached hydrogen (secondary N) is 2. The van der Waals surface area contributed by atoms with Gasteiger partial charge in [-0.05, 0) is 42.8 Å². The van der Waals surface area contributed by atoms with Crippen molar-refractivity contribution in [2.45, 2.75) is 6.92 Å². The van der Waals surface area contributed by atoms with Crippen molar-refractivity contribution >= 4 is 72.9 Å². The van der Waals surface area contributed by atoms with Crippen LogP contribution in [-0.2, 0) is 0 Å². The third-order valence-corrected chi connectivity index (χ3v) is 5.27.